The van der Waals surface area contributed by atoms with Crippen LogP contribution in [0.2, 0.25) is 0 Å². The summed E-state index contributed by atoms with van der Waals surface area (Å²) in [5.41, 5.74) is 4.56. The Morgan fingerprint density at radius 3 is 2.27 bits per heavy atom. The number of primary amides is 1. The van der Waals surface area contributed by atoms with Crippen molar-refractivity contribution >= 4 is 12.0 Å². The van der Waals surface area contributed by atoms with Crippen LogP contribution in [0.25, 0.3) is 6.08 Å². The molecule has 0 aromatic heterocycles. The molecule has 1 amide bonds. The minimum absolute atomic E-state index is 0.0721. The molecule has 0 aliphatic carbocycles. The summed E-state index contributed by atoms with van der Waals surface area (Å²) in [6, 6.07) is 4.20. The van der Waals surface area contributed by atoms with Crippen molar-refractivity contribution in [3.05, 3.63) is 41.0 Å². The second kappa shape index (κ2) is 4.33. The number of halogens is 2. The molecule has 0 heterocycles. The summed E-state index contributed by atoms with van der Waals surface area (Å²) in [6.07, 6.45) is 1.02. The molecule has 0 radical (unpaired) electrons. The van der Waals surface area contributed by atoms with Gasteiger partial charge in [0.1, 0.15) is 23.3 Å². The first kappa shape index (κ1) is 10.9. The minimum atomic E-state index is -0.942. The minimum Gasteiger partial charge on any atom is -0.365 e. The van der Waals surface area contributed by atoms with Crippen LogP contribution >= 0.6 is 0 Å². The SMILES string of the molecule is N#CC(=Cc1cc(F)cc(F)c1)C(N)=O. The van der Waals surface area contributed by atoms with Crippen LogP contribution in [0.15, 0.2) is 23.8 Å². The fraction of sp³-hybridized carbons (Fsp3) is 0. The predicted octanol–water partition coefficient (Wildman–Crippen LogP) is 1.36. The number of carbonyl (C=O) groups is 1. The van der Waals surface area contributed by atoms with E-state index in [-0.39, 0.29) is 11.1 Å². The Morgan fingerprint density at radius 2 is 1.87 bits per heavy atom. The van der Waals surface area contributed by atoms with Crippen LogP contribution in [0, 0.1) is 23.0 Å². The Labute approximate surface area is 84.4 Å². The second-order valence-electron chi connectivity index (χ2n) is 2.74. The van der Waals surface area contributed by atoms with Crippen LogP contribution < -0.4 is 5.73 Å². The lowest BCUT2D eigenvalue weighted by atomic mass is 10.1. The van der Waals surface area contributed by atoms with E-state index in [4.69, 9.17) is 11.0 Å². The van der Waals surface area contributed by atoms with Crippen LogP contribution in [0.3, 0.4) is 0 Å². The van der Waals surface area contributed by atoms with Crippen molar-refractivity contribution in [3.8, 4) is 6.07 Å². The normalized spacial score (nSPS) is 10.9. The third kappa shape index (κ3) is 2.88. The summed E-state index contributed by atoms with van der Waals surface area (Å²) in [4.78, 5) is 10.6. The van der Waals surface area contributed by atoms with E-state index in [2.05, 4.69) is 0 Å². The number of amides is 1. The van der Waals surface area contributed by atoms with Crippen molar-refractivity contribution in [1.82, 2.24) is 0 Å². The van der Waals surface area contributed by atoms with Gasteiger partial charge in [0, 0.05) is 6.07 Å². The third-order valence-electron chi connectivity index (χ3n) is 1.58. The summed E-state index contributed by atoms with van der Waals surface area (Å²) in [5.74, 6) is -2.52. The fourth-order valence-corrected chi connectivity index (χ4v) is 0.984. The number of rotatable bonds is 2. The Balaban J connectivity index is 3.18. The zero-order valence-corrected chi connectivity index (χ0v) is 7.50. The molecule has 0 bridgehead atoms. The van der Waals surface area contributed by atoms with Gasteiger partial charge in [-0.1, -0.05) is 0 Å². The van der Waals surface area contributed by atoms with Gasteiger partial charge in [-0.3, -0.25) is 4.79 Å². The van der Waals surface area contributed by atoms with Gasteiger partial charge in [-0.2, -0.15) is 5.26 Å². The molecule has 2 N–H and O–H groups in total. The highest BCUT2D eigenvalue weighted by atomic mass is 19.1. The number of carbonyl (C=O) groups excluding carboxylic acids is 1. The van der Waals surface area contributed by atoms with Gasteiger partial charge in [0.2, 0.25) is 0 Å². The molecule has 0 spiro atoms. The van der Waals surface area contributed by atoms with Gasteiger partial charge in [0.05, 0.1) is 0 Å². The molecule has 0 saturated carbocycles. The van der Waals surface area contributed by atoms with E-state index in [9.17, 15) is 13.6 Å². The highest BCUT2D eigenvalue weighted by Gasteiger charge is 2.04. The first-order chi connectivity index (χ1) is 7.02. The molecule has 1 aromatic carbocycles. The van der Waals surface area contributed by atoms with E-state index < -0.39 is 17.5 Å². The van der Waals surface area contributed by atoms with Gasteiger partial charge < -0.3 is 5.73 Å². The Hall–Kier alpha value is -2.22. The van der Waals surface area contributed by atoms with E-state index in [1.54, 1.807) is 0 Å². The number of benzene rings is 1. The first-order valence-electron chi connectivity index (χ1n) is 3.90. The molecule has 15 heavy (non-hydrogen) atoms. The average Bonchev–Trinajstić information content (AvgIpc) is 2.12. The summed E-state index contributed by atoms with van der Waals surface area (Å²) >= 11 is 0. The van der Waals surface area contributed by atoms with Gasteiger partial charge in [-0.15, -0.1) is 0 Å². The third-order valence-corrected chi connectivity index (χ3v) is 1.58. The lowest BCUT2D eigenvalue weighted by Gasteiger charge is -1.96. The highest BCUT2D eigenvalue weighted by molar-refractivity contribution is 6.00. The maximum Gasteiger partial charge on any atom is 0.259 e. The molecule has 3 nitrogen and oxygen atoms in total. The Kier molecular flexibility index (Phi) is 3.13. The topological polar surface area (TPSA) is 66.9 Å². The standard InChI is InChI=1S/C10H6F2N2O/c11-8-2-6(3-9(12)4-8)1-7(5-13)10(14)15/h1-4H,(H2,14,15). The smallest absolute Gasteiger partial charge is 0.259 e. The summed E-state index contributed by atoms with van der Waals surface area (Å²) in [7, 11) is 0. The number of nitriles is 1. The fourth-order valence-electron chi connectivity index (χ4n) is 0.984. The van der Waals surface area contributed by atoms with Crippen LogP contribution in [0.5, 0.6) is 0 Å². The predicted molar refractivity (Wildman–Crippen MR) is 49.1 cm³/mol. The Morgan fingerprint density at radius 1 is 1.33 bits per heavy atom. The summed E-state index contributed by atoms with van der Waals surface area (Å²) in [6.45, 7) is 0. The van der Waals surface area contributed by atoms with Gasteiger partial charge in [0.15, 0.2) is 0 Å². The molecule has 0 atom stereocenters. The molecule has 0 unspecified atom stereocenters. The van der Waals surface area contributed by atoms with Crippen molar-refractivity contribution in [1.29, 1.82) is 5.26 Å². The molecule has 0 aliphatic heterocycles. The maximum atomic E-state index is 12.7. The number of nitrogens with two attached hydrogens (primary N) is 1. The summed E-state index contributed by atoms with van der Waals surface area (Å²) in [5, 5.41) is 8.49. The lowest BCUT2D eigenvalue weighted by molar-refractivity contribution is -0.114. The zero-order valence-electron chi connectivity index (χ0n) is 7.50. The van der Waals surface area contributed by atoms with Crippen molar-refractivity contribution in [2.75, 3.05) is 0 Å². The van der Waals surface area contributed by atoms with E-state index in [1.165, 1.54) is 6.07 Å². The van der Waals surface area contributed by atoms with Gasteiger partial charge in [0.25, 0.3) is 5.91 Å². The van der Waals surface area contributed by atoms with E-state index in [0.717, 1.165) is 18.2 Å². The van der Waals surface area contributed by atoms with Crippen LogP contribution in [0.1, 0.15) is 5.56 Å². The summed E-state index contributed by atoms with van der Waals surface area (Å²) < 4.78 is 25.4. The molecular weight excluding hydrogens is 202 g/mol. The molecule has 0 aliphatic rings. The number of hydrogen-bond donors (Lipinski definition) is 1. The van der Waals surface area contributed by atoms with E-state index in [1.807, 2.05) is 0 Å². The maximum absolute atomic E-state index is 12.7. The number of hydrogen-bond acceptors (Lipinski definition) is 2. The van der Waals surface area contributed by atoms with Crippen molar-refractivity contribution in [2.24, 2.45) is 5.73 Å². The first-order valence-corrected chi connectivity index (χ1v) is 3.90. The van der Waals surface area contributed by atoms with Crippen molar-refractivity contribution < 1.29 is 13.6 Å². The van der Waals surface area contributed by atoms with Gasteiger partial charge in [-0.25, -0.2) is 8.78 Å². The Bertz CT molecular complexity index is 455. The largest absolute Gasteiger partial charge is 0.365 e. The molecule has 1 aromatic rings. The zero-order chi connectivity index (χ0) is 11.4. The molecule has 0 saturated heterocycles. The molecular formula is C10H6F2N2O. The monoisotopic (exact) mass is 208 g/mol. The van der Waals surface area contributed by atoms with Crippen molar-refractivity contribution in [3.63, 3.8) is 0 Å². The average molecular weight is 208 g/mol. The van der Waals surface area contributed by atoms with Crippen LogP contribution in [0.4, 0.5) is 8.78 Å². The number of nitrogens with zero attached hydrogens (tertiary/aromatic N) is 1. The van der Waals surface area contributed by atoms with E-state index in [0.29, 0.717) is 6.07 Å². The van der Waals surface area contributed by atoms with Gasteiger partial charge >= 0.3 is 0 Å². The van der Waals surface area contributed by atoms with Crippen molar-refractivity contribution in [2.45, 2.75) is 0 Å². The quantitative estimate of drug-likeness (QED) is 0.589. The van der Waals surface area contributed by atoms with Crippen LogP contribution in [-0.2, 0) is 4.79 Å². The lowest BCUT2D eigenvalue weighted by Crippen LogP contribution is -2.12. The molecule has 1 rings (SSSR count). The van der Waals surface area contributed by atoms with Crippen LogP contribution in [-0.4, -0.2) is 5.91 Å². The second-order valence-corrected chi connectivity index (χ2v) is 2.74. The molecule has 76 valence electrons. The van der Waals surface area contributed by atoms with Gasteiger partial charge in [-0.05, 0) is 23.8 Å². The molecule has 5 heteroatoms. The highest BCUT2D eigenvalue weighted by Crippen LogP contribution is 2.11. The van der Waals surface area contributed by atoms with E-state index >= 15 is 0 Å². The molecule has 0 fully saturated rings.